The van der Waals surface area contributed by atoms with Crippen molar-refractivity contribution in [2.24, 2.45) is 11.8 Å². The van der Waals surface area contributed by atoms with Gasteiger partial charge >= 0.3 is 6.03 Å². The summed E-state index contributed by atoms with van der Waals surface area (Å²) in [6.45, 7) is 4.29. The highest BCUT2D eigenvalue weighted by Crippen LogP contribution is 2.32. The number of fused-ring (bicyclic) bond motifs is 2. The normalized spacial score (nSPS) is 23.3. The standard InChI is InChI=1S/C18H22N4O/c1-13-5-4-8-17-20-16(12-22(13)17)9-19-18(23)21-10-14-6-2-3-7-15(14)11-21/h2-5,8,12,14-15H,6-7,9-11H2,1H3,(H,19,23). The number of imidazole rings is 1. The number of urea groups is 1. The zero-order chi connectivity index (χ0) is 15.8. The van der Waals surface area contributed by atoms with E-state index in [1.165, 1.54) is 0 Å². The molecule has 0 spiro atoms. The zero-order valence-electron chi connectivity index (χ0n) is 13.4. The molecule has 120 valence electrons. The molecule has 1 aliphatic heterocycles. The fourth-order valence-electron chi connectivity index (χ4n) is 3.74. The molecule has 0 bridgehead atoms. The molecule has 4 rings (SSSR count). The lowest BCUT2D eigenvalue weighted by Crippen LogP contribution is -2.38. The van der Waals surface area contributed by atoms with Crippen LogP contribution in [0.4, 0.5) is 4.79 Å². The Hall–Kier alpha value is -2.30. The van der Waals surface area contributed by atoms with Crippen molar-refractivity contribution in [2.75, 3.05) is 13.1 Å². The molecule has 23 heavy (non-hydrogen) atoms. The molecule has 5 heteroatoms. The minimum atomic E-state index is 0.0354. The molecule has 0 saturated carbocycles. The van der Waals surface area contributed by atoms with Gasteiger partial charge in [0, 0.05) is 25.0 Å². The first kappa shape index (κ1) is 14.3. The van der Waals surface area contributed by atoms with Crippen LogP contribution in [0.3, 0.4) is 0 Å². The maximum absolute atomic E-state index is 12.4. The van der Waals surface area contributed by atoms with Crippen molar-refractivity contribution in [3.63, 3.8) is 0 Å². The number of pyridine rings is 1. The third-order valence-electron chi connectivity index (χ3n) is 5.07. The number of amides is 2. The Labute approximate surface area is 136 Å². The highest BCUT2D eigenvalue weighted by atomic mass is 16.2. The lowest BCUT2D eigenvalue weighted by atomic mass is 9.86. The number of aromatic nitrogens is 2. The third kappa shape index (κ3) is 2.71. The van der Waals surface area contributed by atoms with Gasteiger partial charge in [-0.15, -0.1) is 0 Å². The van der Waals surface area contributed by atoms with Crippen LogP contribution in [0, 0.1) is 18.8 Å². The van der Waals surface area contributed by atoms with Crippen molar-refractivity contribution in [3.05, 3.63) is 47.9 Å². The average molecular weight is 310 g/mol. The number of hydrogen-bond acceptors (Lipinski definition) is 2. The first-order chi connectivity index (χ1) is 11.2. The van der Waals surface area contributed by atoms with Crippen LogP contribution < -0.4 is 5.32 Å². The Balaban J connectivity index is 1.38. The molecule has 2 atom stereocenters. The van der Waals surface area contributed by atoms with E-state index in [-0.39, 0.29) is 6.03 Å². The predicted molar refractivity (Wildman–Crippen MR) is 89.1 cm³/mol. The van der Waals surface area contributed by atoms with Crippen LogP contribution in [0.15, 0.2) is 36.5 Å². The summed E-state index contributed by atoms with van der Waals surface area (Å²) in [6, 6.07) is 6.07. The molecule has 5 nitrogen and oxygen atoms in total. The summed E-state index contributed by atoms with van der Waals surface area (Å²) in [5.41, 5.74) is 2.96. The van der Waals surface area contributed by atoms with E-state index >= 15 is 0 Å². The van der Waals surface area contributed by atoms with Gasteiger partial charge in [0.15, 0.2) is 0 Å². The average Bonchev–Trinajstić information content (AvgIpc) is 3.17. The number of carbonyl (C=O) groups is 1. The quantitative estimate of drug-likeness (QED) is 0.867. The van der Waals surface area contributed by atoms with Gasteiger partial charge < -0.3 is 14.6 Å². The van der Waals surface area contributed by atoms with Crippen molar-refractivity contribution in [1.82, 2.24) is 19.6 Å². The second-order valence-corrected chi connectivity index (χ2v) is 6.65. The number of rotatable bonds is 2. The van der Waals surface area contributed by atoms with E-state index in [0.717, 1.165) is 43.0 Å². The van der Waals surface area contributed by atoms with Crippen LogP contribution in [0.2, 0.25) is 0 Å². The SMILES string of the molecule is Cc1cccc2nc(CNC(=O)N3CC4CC=CCC4C3)cn12. The first-order valence-corrected chi connectivity index (χ1v) is 8.32. The maximum Gasteiger partial charge on any atom is 0.317 e. The van der Waals surface area contributed by atoms with Crippen LogP contribution in [0.5, 0.6) is 0 Å². The summed E-state index contributed by atoms with van der Waals surface area (Å²) in [4.78, 5) is 18.9. The fourth-order valence-corrected chi connectivity index (χ4v) is 3.74. The number of carbonyl (C=O) groups excluding carboxylic acids is 1. The van der Waals surface area contributed by atoms with Crippen LogP contribution in [0.25, 0.3) is 5.65 Å². The second kappa shape index (κ2) is 5.72. The topological polar surface area (TPSA) is 49.6 Å². The molecule has 2 aromatic heterocycles. The summed E-state index contributed by atoms with van der Waals surface area (Å²) >= 11 is 0. The van der Waals surface area contributed by atoms with E-state index in [1.807, 2.05) is 23.2 Å². The Morgan fingerprint density at radius 2 is 2.00 bits per heavy atom. The number of nitrogens with one attached hydrogen (secondary N) is 1. The second-order valence-electron chi connectivity index (χ2n) is 6.65. The highest BCUT2D eigenvalue weighted by Gasteiger charge is 2.34. The smallest absolute Gasteiger partial charge is 0.317 e. The number of likely N-dealkylation sites (tertiary alicyclic amines) is 1. The van der Waals surface area contributed by atoms with Crippen LogP contribution in [-0.2, 0) is 6.54 Å². The monoisotopic (exact) mass is 310 g/mol. The summed E-state index contributed by atoms with van der Waals surface area (Å²) in [6.07, 6.45) is 8.72. The predicted octanol–water partition coefficient (Wildman–Crippen LogP) is 2.75. The van der Waals surface area contributed by atoms with E-state index in [2.05, 4.69) is 39.8 Å². The number of aryl methyl sites for hydroxylation is 1. The van der Waals surface area contributed by atoms with Gasteiger partial charge in [-0.2, -0.15) is 0 Å². The first-order valence-electron chi connectivity index (χ1n) is 8.32. The van der Waals surface area contributed by atoms with Gasteiger partial charge in [-0.25, -0.2) is 9.78 Å². The lowest BCUT2D eigenvalue weighted by Gasteiger charge is -2.17. The largest absolute Gasteiger partial charge is 0.332 e. The lowest BCUT2D eigenvalue weighted by molar-refractivity contribution is 0.206. The highest BCUT2D eigenvalue weighted by molar-refractivity contribution is 5.74. The zero-order valence-corrected chi connectivity index (χ0v) is 13.4. The third-order valence-corrected chi connectivity index (χ3v) is 5.07. The van der Waals surface area contributed by atoms with E-state index in [9.17, 15) is 4.79 Å². The molecular formula is C18H22N4O. The van der Waals surface area contributed by atoms with Gasteiger partial charge in [0.25, 0.3) is 0 Å². The summed E-state index contributed by atoms with van der Waals surface area (Å²) < 4.78 is 2.05. The van der Waals surface area contributed by atoms with Crippen molar-refractivity contribution in [1.29, 1.82) is 0 Å². The molecule has 1 fully saturated rings. The molecule has 1 N–H and O–H groups in total. The van der Waals surface area contributed by atoms with Crippen LogP contribution in [-0.4, -0.2) is 33.4 Å². The van der Waals surface area contributed by atoms with Crippen molar-refractivity contribution in [3.8, 4) is 0 Å². The van der Waals surface area contributed by atoms with E-state index in [0.29, 0.717) is 18.4 Å². The Bertz CT molecular complexity index is 747. The summed E-state index contributed by atoms with van der Waals surface area (Å²) in [5, 5.41) is 3.02. The number of allylic oxidation sites excluding steroid dienone is 2. The minimum Gasteiger partial charge on any atom is -0.332 e. The Morgan fingerprint density at radius 3 is 2.70 bits per heavy atom. The summed E-state index contributed by atoms with van der Waals surface area (Å²) in [7, 11) is 0. The van der Waals surface area contributed by atoms with Gasteiger partial charge in [0.1, 0.15) is 5.65 Å². The van der Waals surface area contributed by atoms with Gasteiger partial charge in [-0.05, 0) is 43.7 Å². The van der Waals surface area contributed by atoms with E-state index in [1.54, 1.807) is 0 Å². The van der Waals surface area contributed by atoms with Crippen LogP contribution in [0.1, 0.15) is 24.2 Å². The molecule has 2 aromatic rings. The summed E-state index contributed by atoms with van der Waals surface area (Å²) in [5.74, 6) is 1.28. The van der Waals surface area contributed by atoms with E-state index in [4.69, 9.17) is 0 Å². The molecule has 2 amide bonds. The van der Waals surface area contributed by atoms with Crippen LogP contribution >= 0.6 is 0 Å². The van der Waals surface area contributed by atoms with Crippen molar-refractivity contribution < 1.29 is 4.79 Å². The molecule has 1 aliphatic carbocycles. The minimum absolute atomic E-state index is 0.0354. The molecule has 0 aromatic carbocycles. The molecule has 0 radical (unpaired) electrons. The Kier molecular flexibility index (Phi) is 3.56. The van der Waals surface area contributed by atoms with Gasteiger partial charge in [-0.3, -0.25) is 0 Å². The van der Waals surface area contributed by atoms with Gasteiger partial charge in [-0.1, -0.05) is 18.2 Å². The molecular weight excluding hydrogens is 288 g/mol. The Morgan fingerprint density at radius 1 is 1.26 bits per heavy atom. The van der Waals surface area contributed by atoms with Gasteiger partial charge in [0.2, 0.25) is 0 Å². The number of nitrogens with zero attached hydrogens (tertiary/aromatic N) is 3. The van der Waals surface area contributed by atoms with Crippen molar-refractivity contribution >= 4 is 11.7 Å². The fraction of sp³-hybridized carbons (Fsp3) is 0.444. The van der Waals surface area contributed by atoms with Gasteiger partial charge in [0.05, 0.1) is 12.2 Å². The number of hydrogen-bond donors (Lipinski definition) is 1. The van der Waals surface area contributed by atoms with E-state index < -0.39 is 0 Å². The maximum atomic E-state index is 12.4. The molecule has 2 unspecified atom stereocenters. The molecule has 2 aliphatic rings. The molecule has 3 heterocycles. The molecule has 1 saturated heterocycles. The van der Waals surface area contributed by atoms with Crippen molar-refractivity contribution in [2.45, 2.75) is 26.3 Å².